The zero-order valence-corrected chi connectivity index (χ0v) is 28.7. The SMILES string of the molecule is O=C(NCCC[n+]1cc(Cl)n(CCCC[n+]2cc(Cl)n(CCCCn3cnc(Cl)c3)c2)c1)OCc1ccccc1.[Br-].[Br-]. The van der Waals surface area contributed by atoms with Gasteiger partial charge < -0.3 is 48.6 Å². The zero-order chi connectivity index (χ0) is 28.2. The van der Waals surface area contributed by atoms with E-state index in [0.29, 0.717) is 16.9 Å². The van der Waals surface area contributed by atoms with E-state index >= 15 is 0 Å². The lowest BCUT2D eigenvalue weighted by Gasteiger charge is -2.06. The van der Waals surface area contributed by atoms with Crippen LogP contribution in [0.2, 0.25) is 15.5 Å². The lowest BCUT2D eigenvalue weighted by atomic mass is 10.2. The third-order valence-corrected chi connectivity index (χ3v) is 7.30. The van der Waals surface area contributed by atoms with Gasteiger partial charge in [0.05, 0.1) is 32.5 Å². The van der Waals surface area contributed by atoms with Gasteiger partial charge in [-0.2, -0.15) is 0 Å². The Balaban J connectivity index is 0.00000308. The highest BCUT2D eigenvalue weighted by Gasteiger charge is 2.14. The summed E-state index contributed by atoms with van der Waals surface area (Å²) in [4.78, 5) is 15.9. The monoisotopic (exact) mass is 765 g/mol. The highest BCUT2D eigenvalue weighted by Crippen LogP contribution is 2.11. The number of aryl methyl sites for hydroxylation is 5. The first-order valence-corrected chi connectivity index (χ1v) is 14.7. The van der Waals surface area contributed by atoms with Crippen molar-refractivity contribution in [2.24, 2.45) is 0 Å². The standard InChI is InChI=1S/C28H35Cl3N7O2.2BrH/c29-25-17-34(21-33-25)12-4-6-15-37-22-35(18-26(37)30)13-5-7-16-38-23-36(19-27(38)31)14-8-11-32-28(39)40-20-24-9-2-1-3-10-24;;/h1-3,9-10,17-19,21-23H,4-8,11-16,20H2;2*1H/q+1;;/p-1. The molecule has 0 aliphatic rings. The fourth-order valence-electron chi connectivity index (χ4n) is 4.37. The molecule has 3 heterocycles. The fraction of sp³-hybridized carbons (Fsp3) is 0.429. The number of rotatable bonds is 16. The van der Waals surface area contributed by atoms with Crippen molar-refractivity contribution in [1.82, 2.24) is 24.0 Å². The molecule has 1 aromatic carbocycles. The summed E-state index contributed by atoms with van der Waals surface area (Å²) >= 11 is 18.7. The summed E-state index contributed by atoms with van der Waals surface area (Å²) in [5.41, 5.74) is 0.963. The molecule has 0 saturated carbocycles. The smallest absolute Gasteiger partial charge is 0.407 e. The van der Waals surface area contributed by atoms with E-state index in [-0.39, 0.29) is 40.6 Å². The number of hydrogen-bond donors (Lipinski definition) is 1. The molecule has 14 heteroatoms. The van der Waals surface area contributed by atoms with E-state index < -0.39 is 6.09 Å². The molecule has 0 radical (unpaired) electrons. The van der Waals surface area contributed by atoms with Crippen LogP contribution < -0.4 is 48.4 Å². The number of imidazole rings is 3. The normalized spacial score (nSPS) is 10.6. The van der Waals surface area contributed by atoms with E-state index in [1.54, 1.807) is 6.33 Å². The number of nitrogens with one attached hydrogen (secondary N) is 1. The van der Waals surface area contributed by atoms with Crippen molar-refractivity contribution >= 4 is 40.9 Å². The Kier molecular flexibility index (Phi) is 16.6. The van der Waals surface area contributed by atoms with Gasteiger partial charge in [-0.15, -0.1) is 0 Å². The number of alkyl carbamates (subject to hydrolysis) is 1. The Morgan fingerprint density at radius 3 is 2.05 bits per heavy atom. The van der Waals surface area contributed by atoms with Crippen LogP contribution in [0.4, 0.5) is 4.79 Å². The van der Waals surface area contributed by atoms with E-state index in [0.717, 1.165) is 75.5 Å². The molecule has 0 fully saturated rings. The molecule has 0 unspecified atom stereocenters. The van der Waals surface area contributed by atoms with Gasteiger partial charge in [-0.1, -0.05) is 41.9 Å². The largest absolute Gasteiger partial charge is 1.00 e. The number of unbranched alkanes of at least 4 members (excludes halogenated alkanes) is 2. The first kappa shape index (κ1) is 36.1. The second-order valence-corrected chi connectivity index (χ2v) is 10.8. The summed E-state index contributed by atoms with van der Waals surface area (Å²) in [7, 11) is 0. The van der Waals surface area contributed by atoms with Crippen molar-refractivity contribution in [3.63, 3.8) is 0 Å². The van der Waals surface area contributed by atoms with Crippen LogP contribution in [0.3, 0.4) is 0 Å². The Morgan fingerprint density at radius 2 is 1.43 bits per heavy atom. The minimum absolute atomic E-state index is 0. The molecule has 0 aliphatic heterocycles. The van der Waals surface area contributed by atoms with Crippen molar-refractivity contribution in [1.29, 1.82) is 0 Å². The van der Waals surface area contributed by atoms with Crippen LogP contribution in [0.1, 0.15) is 37.7 Å². The van der Waals surface area contributed by atoms with E-state index in [9.17, 15) is 4.79 Å². The molecule has 9 nitrogen and oxygen atoms in total. The minimum Gasteiger partial charge on any atom is -1.00 e. The van der Waals surface area contributed by atoms with Gasteiger partial charge in [-0.05, 0) is 54.4 Å². The van der Waals surface area contributed by atoms with E-state index in [2.05, 4.69) is 34.9 Å². The van der Waals surface area contributed by atoms with Gasteiger partial charge in [-0.3, -0.25) is 0 Å². The maximum absolute atomic E-state index is 11.9. The molecule has 0 spiro atoms. The summed E-state index contributed by atoms with van der Waals surface area (Å²) in [5, 5.41) is 4.77. The third-order valence-electron chi connectivity index (χ3n) is 6.48. The van der Waals surface area contributed by atoms with Crippen LogP contribution in [0.5, 0.6) is 0 Å². The van der Waals surface area contributed by atoms with Gasteiger partial charge in [0.25, 0.3) is 0 Å². The summed E-state index contributed by atoms with van der Waals surface area (Å²) in [6.07, 6.45) is 16.0. The van der Waals surface area contributed by atoms with Crippen molar-refractivity contribution < 1.29 is 52.6 Å². The highest BCUT2D eigenvalue weighted by atomic mass is 79.9. The second kappa shape index (κ2) is 19.3. The molecule has 230 valence electrons. The molecule has 1 N–H and O–H groups in total. The quantitative estimate of drug-likeness (QED) is 0.121. The predicted molar refractivity (Wildman–Crippen MR) is 154 cm³/mol. The first-order valence-electron chi connectivity index (χ1n) is 13.6. The fourth-order valence-corrected chi connectivity index (χ4v) is 5.04. The average molecular weight is 769 g/mol. The number of nitrogens with zero attached hydrogens (tertiary/aromatic N) is 6. The van der Waals surface area contributed by atoms with Crippen LogP contribution in [0.15, 0.2) is 67.9 Å². The van der Waals surface area contributed by atoms with Crippen LogP contribution in [-0.4, -0.2) is 31.3 Å². The number of carbonyl (C=O) groups excluding carboxylic acids is 1. The molecule has 0 saturated heterocycles. The van der Waals surface area contributed by atoms with Crippen LogP contribution in [0.25, 0.3) is 0 Å². The summed E-state index contributed by atoms with van der Waals surface area (Å²) < 4.78 is 15.6. The molecular formula is C28H36Br2Cl3N7O2. The first-order chi connectivity index (χ1) is 19.5. The zero-order valence-electron chi connectivity index (χ0n) is 23.2. The number of hydrogen-bond acceptors (Lipinski definition) is 3. The molecule has 3 aromatic heterocycles. The number of carbonyl (C=O) groups is 1. The minimum atomic E-state index is -0.407. The number of amides is 1. The van der Waals surface area contributed by atoms with E-state index in [1.807, 2.05) is 59.8 Å². The molecule has 1 amide bonds. The molecule has 4 rings (SSSR count). The van der Waals surface area contributed by atoms with E-state index in [4.69, 9.17) is 39.5 Å². The van der Waals surface area contributed by atoms with Gasteiger partial charge >= 0.3 is 6.09 Å². The highest BCUT2D eigenvalue weighted by molar-refractivity contribution is 6.29. The molecule has 0 bridgehead atoms. The Morgan fingerprint density at radius 1 is 0.833 bits per heavy atom. The van der Waals surface area contributed by atoms with Gasteiger partial charge in [0.15, 0.2) is 0 Å². The third kappa shape index (κ3) is 12.3. The maximum Gasteiger partial charge on any atom is 0.407 e. The van der Waals surface area contributed by atoms with Crippen LogP contribution in [0, 0.1) is 0 Å². The molecule has 0 atom stereocenters. The van der Waals surface area contributed by atoms with Gasteiger partial charge in [-0.25, -0.2) is 28.0 Å². The summed E-state index contributed by atoms with van der Waals surface area (Å²) in [6.45, 7) is 5.04. The Bertz CT molecular complexity index is 1350. The topological polar surface area (TPSA) is 73.8 Å². The van der Waals surface area contributed by atoms with Crippen molar-refractivity contribution in [3.05, 3.63) is 88.9 Å². The summed E-state index contributed by atoms with van der Waals surface area (Å²) in [5.74, 6) is 0. The number of ether oxygens (including phenoxy) is 1. The van der Waals surface area contributed by atoms with Gasteiger partial charge in [0, 0.05) is 25.7 Å². The molecule has 0 aliphatic carbocycles. The summed E-state index contributed by atoms with van der Waals surface area (Å²) in [6, 6.07) is 9.62. The Hall–Kier alpha value is -2.05. The van der Waals surface area contributed by atoms with Crippen LogP contribution >= 0.6 is 34.8 Å². The van der Waals surface area contributed by atoms with Gasteiger partial charge in [0.2, 0.25) is 23.0 Å². The molecular weight excluding hydrogens is 733 g/mol. The molecule has 4 aromatic rings. The van der Waals surface area contributed by atoms with Crippen LogP contribution in [-0.2, 0) is 44.1 Å². The molecule has 42 heavy (non-hydrogen) atoms. The average Bonchev–Trinajstić information content (AvgIpc) is 3.64. The predicted octanol–water partition coefficient (Wildman–Crippen LogP) is -0.693. The van der Waals surface area contributed by atoms with Crippen molar-refractivity contribution in [2.75, 3.05) is 6.54 Å². The number of benzene rings is 1. The number of halogens is 5. The lowest BCUT2D eigenvalue weighted by molar-refractivity contribution is -0.697. The Labute approximate surface area is 282 Å². The maximum atomic E-state index is 11.9. The second-order valence-electron chi connectivity index (χ2n) is 9.69. The van der Waals surface area contributed by atoms with Crippen molar-refractivity contribution in [2.45, 2.75) is 71.4 Å². The lowest BCUT2D eigenvalue weighted by Crippen LogP contribution is -3.00. The van der Waals surface area contributed by atoms with Crippen molar-refractivity contribution in [3.8, 4) is 0 Å². The number of aromatic nitrogens is 6. The van der Waals surface area contributed by atoms with E-state index in [1.165, 1.54) is 0 Å². The van der Waals surface area contributed by atoms with Gasteiger partial charge in [0.1, 0.15) is 24.2 Å².